The van der Waals surface area contributed by atoms with Gasteiger partial charge in [-0.3, -0.25) is 4.57 Å². The van der Waals surface area contributed by atoms with Crippen LogP contribution in [0.1, 0.15) is 0 Å². The first-order valence-electron chi connectivity index (χ1n) is 19.9. The Bertz CT molecular complexity index is 3430. The van der Waals surface area contributed by atoms with Crippen LogP contribution in [0.25, 0.3) is 82.9 Å². The molecule has 0 amide bonds. The fourth-order valence-corrected chi connectivity index (χ4v) is 8.83. The second-order valence-corrected chi connectivity index (χ2v) is 15.0. The van der Waals surface area contributed by atoms with Crippen molar-refractivity contribution < 1.29 is 4.74 Å². The van der Waals surface area contributed by atoms with Crippen LogP contribution in [0, 0.1) is 0 Å². The predicted molar refractivity (Wildman–Crippen MR) is 242 cm³/mol. The second-order valence-electron chi connectivity index (χ2n) is 15.0. The Morgan fingerprint density at radius 2 is 1.05 bits per heavy atom. The average molecular weight is 755 g/mol. The summed E-state index contributed by atoms with van der Waals surface area (Å²) in [6.45, 7) is 0. The largest absolute Gasteiger partial charge is 0.453 e. The molecule has 1 aliphatic heterocycles. The summed E-state index contributed by atoms with van der Waals surface area (Å²) in [6.07, 6.45) is 0. The molecular weight excluding hydrogens is 721 g/mol. The Balaban J connectivity index is 1.02. The topological polar surface area (TPSA) is 43.2 Å². The minimum Gasteiger partial charge on any atom is -0.453 e. The monoisotopic (exact) mass is 754 g/mol. The van der Waals surface area contributed by atoms with Gasteiger partial charge in [0.1, 0.15) is 0 Å². The van der Waals surface area contributed by atoms with Gasteiger partial charge in [-0.15, -0.1) is 0 Å². The molecule has 0 bridgehead atoms. The van der Waals surface area contributed by atoms with Gasteiger partial charge in [-0.1, -0.05) is 146 Å². The molecule has 0 unspecified atom stereocenters. The van der Waals surface area contributed by atoms with E-state index >= 15 is 0 Å². The number of rotatable bonds is 5. The molecule has 11 aromatic rings. The Kier molecular flexibility index (Phi) is 7.47. The van der Waals surface area contributed by atoms with Crippen LogP contribution in [0.5, 0.6) is 11.5 Å². The van der Waals surface area contributed by atoms with Crippen molar-refractivity contribution in [3.8, 4) is 51.0 Å². The van der Waals surface area contributed by atoms with Gasteiger partial charge in [0.2, 0.25) is 5.95 Å². The summed E-state index contributed by atoms with van der Waals surface area (Å²) in [5.41, 5.74) is 12.5. The van der Waals surface area contributed by atoms with Gasteiger partial charge in [0.15, 0.2) is 11.5 Å². The quantitative estimate of drug-likeness (QED) is 0.175. The summed E-state index contributed by atoms with van der Waals surface area (Å²) in [4.78, 5) is 12.9. The van der Waals surface area contributed by atoms with E-state index in [1.54, 1.807) is 0 Å². The van der Waals surface area contributed by atoms with Gasteiger partial charge in [0.05, 0.1) is 33.6 Å². The van der Waals surface area contributed by atoms with Crippen molar-refractivity contribution in [3.63, 3.8) is 0 Å². The number of aromatic nitrogens is 3. The lowest BCUT2D eigenvalue weighted by Gasteiger charge is -2.33. The molecule has 0 saturated carbocycles. The molecule has 3 heterocycles. The molecule has 0 radical (unpaired) electrons. The van der Waals surface area contributed by atoms with Crippen molar-refractivity contribution >= 4 is 60.5 Å². The summed E-state index contributed by atoms with van der Waals surface area (Å²) in [5.74, 6) is 2.29. The third-order valence-electron chi connectivity index (χ3n) is 11.6. The van der Waals surface area contributed by atoms with E-state index in [-0.39, 0.29) is 0 Å². The summed E-state index contributed by atoms with van der Waals surface area (Å²) in [6, 6.07) is 72.5. The minimum atomic E-state index is 0.643. The maximum Gasteiger partial charge on any atom is 0.235 e. The molecule has 0 fully saturated rings. The molecule has 1 aliphatic rings. The van der Waals surface area contributed by atoms with E-state index < -0.39 is 0 Å². The predicted octanol–water partition coefficient (Wildman–Crippen LogP) is 14.5. The highest BCUT2D eigenvalue weighted by Crippen LogP contribution is 2.51. The summed E-state index contributed by atoms with van der Waals surface area (Å²) >= 11 is 0. The molecule has 2 aromatic heterocycles. The van der Waals surface area contributed by atoms with E-state index in [9.17, 15) is 0 Å². The highest BCUT2D eigenvalue weighted by molar-refractivity contribution is 6.21. The lowest BCUT2D eigenvalue weighted by Crippen LogP contribution is -2.15. The molecule has 12 rings (SSSR count). The molecule has 9 aromatic carbocycles. The Morgan fingerprint density at radius 3 is 1.92 bits per heavy atom. The van der Waals surface area contributed by atoms with Crippen LogP contribution in [0.15, 0.2) is 206 Å². The average Bonchev–Trinajstić information content (AvgIpc) is 3.65. The first-order chi connectivity index (χ1) is 29.2. The fourth-order valence-electron chi connectivity index (χ4n) is 8.83. The molecule has 0 saturated heterocycles. The van der Waals surface area contributed by atoms with Crippen molar-refractivity contribution in [1.82, 2.24) is 14.5 Å². The molecule has 59 heavy (non-hydrogen) atoms. The van der Waals surface area contributed by atoms with Gasteiger partial charge in [-0.25, -0.2) is 9.97 Å². The standard InChI is InChI=1S/C54H34N4O/c1-3-15-36(16-4-1)53-43-22-9-10-23-45(43)55-54(56-53)58-48-31-27-35-14-7-8-21-42(35)52(48)44-29-26-39(33-49(44)58)37-17-13-18-38(32-37)40-28-30-47-51(34-40)59-50-25-12-11-24-46(50)57(47)41-19-5-2-6-20-41/h1-34H. The maximum atomic E-state index is 6.58. The van der Waals surface area contributed by atoms with Gasteiger partial charge in [0.25, 0.3) is 0 Å². The summed E-state index contributed by atoms with van der Waals surface area (Å²) in [7, 11) is 0. The SMILES string of the molecule is c1ccc(-c2nc(-n3c4cc(-c5cccc(-c6ccc7c(c6)Oc6ccccc6N7c6ccccc6)c5)ccc4c4c5ccccc5ccc43)nc3ccccc23)cc1. The van der Waals surface area contributed by atoms with E-state index in [2.05, 4.69) is 185 Å². The number of para-hydroxylation sites is 4. The first kappa shape index (κ1) is 33.2. The number of hydrogen-bond acceptors (Lipinski definition) is 4. The van der Waals surface area contributed by atoms with E-state index in [0.29, 0.717) is 5.95 Å². The zero-order valence-corrected chi connectivity index (χ0v) is 31.8. The van der Waals surface area contributed by atoms with Crippen molar-refractivity contribution in [1.29, 1.82) is 0 Å². The van der Waals surface area contributed by atoms with E-state index in [0.717, 1.165) is 89.4 Å². The molecular formula is C54H34N4O. The molecule has 0 N–H and O–H groups in total. The molecule has 0 spiro atoms. The zero-order chi connectivity index (χ0) is 38.9. The molecule has 0 atom stereocenters. The van der Waals surface area contributed by atoms with Crippen molar-refractivity contribution in [3.05, 3.63) is 206 Å². The highest BCUT2D eigenvalue weighted by atomic mass is 16.5. The van der Waals surface area contributed by atoms with Crippen molar-refractivity contribution in [2.24, 2.45) is 0 Å². The van der Waals surface area contributed by atoms with E-state index in [4.69, 9.17) is 14.7 Å². The van der Waals surface area contributed by atoms with Crippen LogP contribution in [0.2, 0.25) is 0 Å². The van der Waals surface area contributed by atoms with Crippen LogP contribution in [0.3, 0.4) is 0 Å². The third-order valence-corrected chi connectivity index (χ3v) is 11.6. The number of fused-ring (bicyclic) bond motifs is 8. The third kappa shape index (κ3) is 5.40. The lowest BCUT2D eigenvalue weighted by molar-refractivity contribution is 0.477. The number of anilines is 3. The van der Waals surface area contributed by atoms with Crippen LogP contribution in [0.4, 0.5) is 17.1 Å². The van der Waals surface area contributed by atoms with Gasteiger partial charge >= 0.3 is 0 Å². The molecule has 276 valence electrons. The van der Waals surface area contributed by atoms with E-state index in [1.807, 2.05) is 30.3 Å². The van der Waals surface area contributed by atoms with Gasteiger partial charge in [0, 0.05) is 27.4 Å². The Labute approximate surface area is 340 Å². The second kappa shape index (κ2) is 13.3. The van der Waals surface area contributed by atoms with Gasteiger partial charge in [-0.2, -0.15) is 0 Å². The zero-order valence-electron chi connectivity index (χ0n) is 31.8. The number of ether oxygens (including phenoxy) is 1. The number of hydrogen-bond donors (Lipinski definition) is 0. The Hall–Kier alpha value is -8.02. The fraction of sp³-hybridized carbons (Fsp3) is 0. The van der Waals surface area contributed by atoms with Crippen molar-refractivity contribution in [2.75, 3.05) is 4.90 Å². The summed E-state index contributed by atoms with van der Waals surface area (Å²) < 4.78 is 8.83. The smallest absolute Gasteiger partial charge is 0.235 e. The molecule has 5 nitrogen and oxygen atoms in total. The van der Waals surface area contributed by atoms with Crippen molar-refractivity contribution in [2.45, 2.75) is 0 Å². The van der Waals surface area contributed by atoms with Crippen LogP contribution in [-0.4, -0.2) is 14.5 Å². The van der Waals surface area contributed by atoms with Gasteiger partial charge < -0.3 is 9.64 Å². The summed E-state index contributed by atoms with van der Waals surface area (Å²) in [5, 5.41) is 5.78. The first-order valence-corrected chi connectivity index (χ1v) is 19.9. The van der Waals surface area contributed by atoms with Crippen LogP contribution in [-0.2, 0) is 0 Å². The Morgan fingerprint density at radius 1 is 0.390 bits per heavy atom. The molecule has 5 heteroatoms. The number of nitrogens with zero attached hydrogens (tertiary/aromatic N) is 4. The van der Waals surface area contributed by atoms with E-state index in [1.165, 1.54) is 16.2 Å². The number of benzene rings is 9. The van der Waals surface area contributed by atoms with Crippen LogP contribution < -0.4 is 9.64 Å². The van der Waals surface area contributed by atoms with Gasteiger partial charge in [-0.05, 0) is 93.7 Å². The molecule has 0 aliphatic carbocycles. The normalized spacial score (nSPS) is 12.2. The van der Waals surface area contributed by atoms with Crippen LogP contribution >= 0.6 is 0 Å². The maximum absolute atomic E-state index is 6.58. The lowest BCUT2D eigenvalue weighted by atomic mass is 9.97. The minimum absolute atomic E-state index is 0.643. The highest BCUT2D eigenvalue weighted by Gasteiger charge is 2.26.